The smallest absolute Gasteiger partial charge is 0.251 e. The van der Waals surface area contributed by atoms with Crippen LogP contribution in [0.5, 0.6) is 11.5 Å². The number of nitrogens with one attached hydrogen (secondary N) is 1. The normalized spacial score (nSPS) is 10.3. The first-order valence-corrected chi connectivity index (χ1v) is 8.72. The maximum Gasteiger partial charge on any atom is 0.251 e. The van der Waals surface area contributed by atoms with Crippen LogP contribution in [0.2, 0.25) is 0 Å². The highest BCUT2D eigenvalue weighted by molar-refractivity contribution is 7.13. The third-order valence-electron chi connectivity index (χ3n) is 3.85. The highest BCUT2D eigenvalue weighted by atomic mass is 32.1. The van der Waals surface area contributed by atoms with Crippen molar-refractivity contribution in [1.29, 1.82) is 0 Å². The third-order valence-corrected chi connectivity index (χ3v) is 4.77. The number of carbonyl (C=O) groups is 1. The average molecular weight is 353 g/mol. The molecule has 128 valence electrons. The van der Waals surface area contributed by atoms with Crippen LogP contribution < -0.4 is 14.8 Å². The first-order chi connectivity index (χ1) is 12.2. The number of hydrogen-bond acceptors (Lipinski definition) is 4. The van der Waals surface area contributed by atoms with Gasteiger partial charge in [0, 0.05) is 17.0 Å². The van der Waals surface area contributed by atoms with Crippen molar-refractivity contribution in [2.45, 2.75) is 6.54 Å². The van der Waals surface area contributed by atoms with Crippen LogP contribution in [0.15, 0.2) is 60.0 Å². The molecule has 0 atom stereocenters. The Labute approximate surface area is 151 Å². The van der Waals surface area contributed by atoms with Crippen LogP contribution in [0.3, 0.4) is 0 Å². The number of rotatable bonds is 6. The predicted molar refractivity (Wildman–Crippen MR) is 100 cm³/mol. The van der Waals surface area contributed by atoms with Crippen LogP contribution in [0.1, 0.15) is 15.9 Å². The summed E-state index contributed by atoms with van der Waals surface area (Å²) in [6, 6.07) is 17.3. The minimum Gasteiger partial charge on any atom is -0.493 e. The van der Waals surface area contributed by atoms with E-state index < -0.39 is 0 Å². The summed E-state index contributed by atoms with van der Waals surface area (Å²) < 4.78 is 10.5. The molecule has 0 saturated carbocycles. The molecule has 1 aromatic heterocycles. The van der Waals surface area contributed by atoms with Crippen molar-refractivity contribution in [3.63, 3.8) is 0 Å². The van der Waals surface area contributed by atoms with Crippen LogP contribution in [0.4, 0.5) is 0 Å². The second-order valence-corrected chi connectivity index (χ2v) is 6.37. The van der Waals surface area contributed by atoms with E-state index in [0.29, 0.717) is 23.6 Å². The Bertz CT molecular complexity index is 842. The number of methoxy groups -OCH3 is 2. The van der Waals surface area contributed by atoms with Gasteiger partial charge in [-0.1, -0.05) is 24.3 Å². The number of amides is 1. The molecule has 0 bridgehead atoms. The van der Waals surface area contributed by atoms with Gasteiger partial charge in [0.25, 0.3) is 5.91 Å². The Hall–Kier alpha value is -2.79. The number of ether oxygens (including phenoxy) is 2. The van der Waals surface area contributed by atoms with Crippen molar-refractivity contribution in [1.82, 2.24) is 5.32 Å². The second-order valence-electron chi connectivity index (χ2n) is 5.43. The van der Waals surface area contributed by atoms with E-state index in [-0.39, 0.29) is 5.91 Å². The van der Waals surface area contributed by atoms with Gasteiger partial charge < -0.3 is 14.8 Å². The number of hydrogen-bond donors (Lipinski definition) is 1. The lowest BCUT2D eigenvalue weighted by atomic mass is 10.1. The molecule has 3 rings (SSSR count). The molecule has 1 amide bonds. The lowest BCUT2D eigenvalue weighted by Crippen LogP contribution is -2.22. The molecular weight excluding hydrogens is 334 g/mol. The summed E-state index contributed by atoms with van der Waals surface area (Å²) in [4.78, 5) is 13.5. The fourth-order valence-corrected chi connectivity index (χ4v) is 3.24. The number of thiophene rings is 1. The summed E-state index contributed by atoms with van der Waals surface area (Å²) in [7, 11) is 3.19. The highest BCUT2D eigenvalue weighted by Gasteiger charge is 2.08. The maximum absolute atomic E-state index is 12.3. The predicted octanol–water partition coefficient (Wildman–Crippen LogP) is 4.36. The summed E-state index contributed by atoms with van der Waals surface area (Å²) >= 11 is 1.68. The molecule has 1 N–H and O–H groups in total. The summed E-state index contributed by atoms with van der Waals surface area (Å²) in [5, 5.41) is 4.97. The minimum atomic E-state index is -0.104. The van der Waals surface area contributed by atoms with Crippen molar-refractivity contribution in [2.24, 2.45) is 0 Å². The van der Waals surface area contributed by atoms with Gasteiger partial charge in [-0.25, -0.2) is 0 Å². The fraction of sp³-hybridized carbons (Fsp3) is 0.150. The second kappa shape index (κ2) is 7.85. The lowest BCUT2D eigenvalue weighted by Gasteiger charge is -2.10. The monoisotopic (exact) mass is 353 g/mol. The van der Waals surface area contributed by atoms with E-state index in [2.05, 4.69) is 11.4 Å². The molecular formula is C20H19NO3S. The Morgan fingerprint density at radius 2 is 1.76 bits per heavy atom. The van der Waals surface area contributed by atoms with E-state index in [1.165, 1.54) is 4.88 Å². The van der Waals surface area contributed by atoms with E-state index in [1.807, 2.05) is 53.9 Å². The standard InChI is InChI=1S/C20H19NO3S/c1-23-17-10-5-14(12-18(17)24-2)13-21-20(22)16-8-6-15(7-9-16)19-4-3-11-25-19/h3-12H,13H2,1-2H3,(H,21,22). The molecule has 0 aliphatic carbocycles. The van der Waals surface area contributed by atoms with Crippen LogP contribution in [0, 0.1) is 0 Å². The van der Waals surface area contributed by atoms with Crippen molar-refractivity contribution in [3.8, 4) is 21.9 Å². The topological polar surface area (TPSA) is 47.6 Å². The molecule has 0 fully saturated rings. The largest absolute Gasteiger partial charge is 0.493 e. The van der Waals surface area contributed by atoms with Crippen molar-refractivity contribution in [3.05, 3.63) is 71.1 Å². The van der Waals surface area contributed by atoms with Gasteiger partial charge in [0.15, 0.2) is 11.5 Å². The van der Waals surface area contributed by atoms with Gasteiger partial charge in [-0.2, -0.15) is 0 Å². The molecule has 0 aliphatic heterocycles. The molecule has 0 aliphatic rings. The van der Waals surface area contributed by atoms with Crippen molar-refractivity contribution in [2.75, 3.05) is 14.2 Å². The van der Waals surface area contributed by atoms with Gasteiger partial charge in [-0.05, 0) is 46.8 Å². The zero-order chi connectivity index (χ0) is 17.6. The highest BCUT2D eigenvalue weighted by Crippen LogP contribution is 2.27. The molecule has 0 saturated heterocycles. The van der Waals surface area contributed by atoms with Gasteiger partial charge in [0.05, 0.1) is 14.2 Å². The van der Waals surface area contributed by atoms with Gasteiger partial charge in [0.1, 0.15) is 0 Å². The van der Waals surface area contributed by atoms with E-state index >= 15 is 0 Å². The molecule has 0 spiro atoms. The van der Waals surface area contributed by atoms with Crippen LogP contribution in [-0.2, 0) is 6.54 Å². The number of carbonyl (C=O) groups excluding carboxylic acids is 1. The maximum atomic E-state index is 12.3. The van der Waals surface area contributed by atoms with E-state index in [9.17, 15) is 4.79 Å². The zero-order valence-electron chi connectivity index (χ0n) is 14.1. The molecule has 1 heterocycles. The Balaban J connectivity index is 1.64. The SMILES string of the molecule is COc1ccc(CNC(=O)c2ccc(-c3cccs3)cc2)cc1OC. The van der Waals surface area contributed by atoms with Crippen molar-refractivity contribution < 1.29 is 14.3 Å². The van der Waals surface area contributed by atoms with Gasteiger partial charge >= 0.3 is 0 Å². The van der Waals surface area contributed by atoms with Crippen molar-refractivity contribution >= 4 is 17.2 Å². The summed E-state index contributed by atoms with van der Waals surface area (Å²) in [5.41, 5.74) is 2.70. The van der Waals surface area contributed by atoms with Crippen LogP contribution in [0.25, 0.3) is 10.4 Å². The molecule has 25 heavy (non-hydrogen) atoms. The Morgan fingerprint density at radius 1 is 1.00 bits per heavy atom. The molecule has 0 radical (unpaired) electrons. The van der Waals surface area contributed by atoms with Gasteiger partial charge in [-0.15, -0.1) is 11.3 Å². The van der Waals surface area contributed by atoms with Gasteiger partial charge in [-0.3, -0.25) is 4.79 Å². The first-order valence-electron chi connectivity index (χ1n) is 7.84. The average Bonchev–Trinajstić information content (AvgIpc) is 3.20. The summed E-state index contributed by atoms with van der Waals surface area (Å²) in [5.74, 6) is 1.21. The fourth-order valence-electron chi connectivity index (χ4n) is 2.50. The molecule has 4 nitrogen and oxygen atoms in total. The Morgan fingerprint density at radius 3 is 2.40 bits per heavy atom. The summed E-state index contributed by atoms with van der Waals surface area (Å²) in [6.07, 6.45) is 0. The third kappa shape index (κ3) is 4.00. The lowest BCUT2D eigenvalue weighted by molar-refractivity contribution is 0.0951. The Kier molecular flexibility index (Phi) is 5.36. The van der Waals surface area contributed by atoms with Gasteiger partial charge in [0.2, 0.25) is 0 Å². The minimum absolute atomic E-state index is 0.104. The van der Waals surface area contributed by atoms with E-state index in [1.54, 1.807) is 25.6 Å². The molecule has 0 unspecified atom stereocenters. The molecule has 2 aromatic carbocycles. The zero-order valence-corrected chi connectivity index (χ0v) is 14.9. The van der Waals surface area contributed by atoms with E-state index in [0.717, 1.165) is 11.1 Å². The first kappa shape index (κ1) is 17.0. The van der Waals surface area contributed by atoms with Crippen LogP contribution in [-0.4, -0.2) is 20.1 Å². The van der Waals surface area contributed by atoms with Crippen LogP contribution >= 0.6 is 11.3 Å². The molecule has 5 heteroatoms. The quantitative estimate of drug-likeness (QED) is 0.716. The molecule has 3 aromatic rings. The summed E-state index contributed by atoms with van der Waals surface area (Å²) in [6.45, 7) is 0.422. The van der Waals surface area contributed by atoms with E-state index in [4.69, 9.17) is 9.47 Å². The number of benzene rings is 2.